The third kappa shape index (κ3) is 2.00. The molecular formula is C18H21NO2. The Morgan fingerprint density at radius 1 is 1.00 bits per heavy atom. The van der Waals surface area contributed by atoms with E-state index < -0.39 is 0 Å². The molecule has 0 radical (unpaired) electrons. The van der Waals surface area contributed by atoms with Crippen molar-refractivity contribution in [2.45, 2.75) is 19.0 Å². The fourth-order valence-electron chi connectivity index (χ4n) is 3.27. The Bertz CT molecular complexity index is 668. The molecular weight excluding hydrogens is 262 g/mol. The third-order valence-corrected chi connectivity index (χ3v) is 4.66. The van der Waals surface area contributed by atoms with Gasteiger partial charge < -0.3 is 9.47 Å². The van der Waals surface area contributed by atoms with Crippen molar-refractivity contribution < 1.29 is 9.47 Å². The molecule has 0 aromatic heterocycles. The molecule has 1 aliphatic rings. The summed E-state index contributed by atoms with van der Waals surface area (Å²) in [5, 5.41) is 0. The largest absolute Gasteiger partial charge is 0.493 e. The molecule has 0 fully saturated rings. The van der Waals surface area contributed by atoms with Crippen molar-refractivity contribution in [3.05, 3.63) is 59.2 Å². The highest BCUT2D eigenvalue weighted by molar-refractivity contribution is 5.51. The van der Waals surface area contributed by atoms with Gasteiger partial charge in [-0.25, -0.2) is 0 Å². The lowest BCUT2D eigenvalue weighted by molar-refractivity contribution is 0.200. The van der Waals surface area contributed by atoms with Gasteiger partial charge in [0.25, 0.3) is 0 Å². The zero-order chi connectivity index (χ0) is 15.0. The van der Waals surface area contributed by atoms with Crippen molar-refractivity contribution in [1.82, 2.24) is 4.90 Å². The standard InChI is InChI=1S/C18H21NO2/c1-18(14-9-10-16(20-3)17(11-14)21-4)15-8-6-5-7-13(15)12-19(18)2/h5-11H,12H2,1-4H3. The highest BCUT2D eigenvalue weighted by atomic mass is 16.5. The highest BCUT2D eigenvalue weighted by Gasteiger charge is 2.40. The van der Waals surface area contributed by atoms with Crippen LogP contribution in [0.5, 0.6) is 11.5 Å². The number of ether oxygens (including phenoxy) is 2. The molecule has 3 nitrogen and oxygen atoms in total. The number of nitrogens with zero attached hydrogens (tertiary/aromatic N) is 1. The van der Waals surface area contributed by atoms with Crippen molar-refractivity contribution in [3.63, 3.8) is 0 Å². The summed E-state index contributed by atoms with van der Waals surface area (Å²) in [5.41, 5.74) is 3.82. The summed E-state index contributed by atoms with van der Waals surface area (Å²) in [5.74, 6) is 1.53. The summed E-state index contributed by atoms with van der Waals surface area (Å²) in [4.78, 5) is 2.37. The summed E-state index contributed by atoms with van der Waals surface area (Å²) < 4.78 is 10.8. The van der Waals surface area contributed by atoms with Crippen LogP contribution in [0.15, 0.2) is 42.5 Å². The molecule has 0 bridgehead atoms. The number of hydrogen-bond donors (Lipinski definition) is 0. The Hall–Kier alpha value is -2.00. The van der Waals surface area contributed by atoms with E-state index in [2.05, 4.69) is 55.3 Å². The van der Waals surface area contributed by atoms with Gasteiger partial charge in [0.1, 0.15) is 0 Å². The predicted octanol–water partition coefficient (Wildman–Crippen LogP) is 3.41. The molecule has 1 unspecified atom stereocenters. The molecule has 110 valence electrons. The molecule has 2 aromatic rings. The first kappa shape index (κ1) is 14.0. The maximum atomic E-state index is 5.46. The molecule has 0 saturated heterocycles. The van der Waals surface area contributed by atoms with Gasteiger partial charge >= 0.3 is 0 Å². The molecule has 1 heterocycles. The summed E-state index contributed by atoms with van der Waals surface area (Å²) in [6, 6.07) is 14.8. The Kier molecular flexibility index (Phi) is 3.38. The second-order valence-corrected chi connectivity index (χ2v) is 5.66. The van der Waals surface area contributed by atoms with E-state index in [1.807, 2.05) is 6.07 Å². The molecule has 0 N–H and O–H groups in total. The average Bonchev–Trinajstić information content (AvgIpc) is 2.79. The van der Waals surface area contributed by atoms with E-state index in [4.69, 9.17) is 9.47 Å². The first-order valence-electron chi connectivity index (χ1n) is 7.13. The van der Waals surface area contributed by atoms with Gasteiger partial charge in [0.2, 0.25) is 0 Å². The van der Waals surface area contributed by atoms with Crippen molar-refractivity contribution in [1.29, 1.82) is 0 Å². The van der Waals surface area contributed by atoms with Crippen molar-refractivity contribution in [3.8, 4) is 11.5 Å². The molecule has 2 aromatic carbocycles. The average molecular weight is 283 g/mol. The van der Waals surface area contributed by atoms with Gasteiger partial charge in [0.15, 0.2) is 11.5 Å². The fourth-order valence-corrected chi connectivity index (χ4v) is 3.27. The van der Waals surface area contributed by atoms with Crippen LogP contribution in [-0.2, 0) is 12.1 Å². The molecule has 3 heteroatoms. The predicted molar refractivity (Wildman–Crippen MR) is 83.9 cm³/mol. The molecule has 3 rings (SSSR count). The van der Waals surface area contributed by atoms with Gasteiger partial charge in [0, 0.05) is 6.54 Å². The maximum Gasteiger partial charge on any atom is 0.161 e. The molecule has 1 aliphatic heterocycles. The van der Waals surface area contributed by atoms with Gasteiger partial charge in [-0.15, -0.1) is 0 Å². The summed E-state index contributed by atoms with van der Waals surface area (Å²) in [6.45, 7) is 3.22. The van der Waals surface area contributed by atoms with Crippen LogP contribution in [0.2, 0.25) is 0 Å². The lowest BCUT2D eigenvalue weighted by Gasteiger charge is -2.34. The fraction of sp³-hybridized carbons (Fsp3) is 0.333. The Balaban J connectivity index is 2.15. The Morgan fingerprint density at radius 2 is 1.71 bits per heavy atom. The lowest BCUT2D eigenvalue weighted by Crippen LogP contribution is -2.36. The normalized spacial score (nSPS) is 21.1. The maximum absolute atomic E-state index is 5.46. The van der Waals surface area contributed by atoms with E-state index in [0.29, 0.717) is 0 Å². The van der Waals surface area contributed by atoms with Crippen LogP contribution in [0.3, 0.4) is 0 Å². The summed E-state index contributed by atoms with van der Waals surface area (Å²) in [7, 11) is 5.50. The Labute approximate surface area is 126 Å². The molecule has 1 atom stereocenters. The van der Waals surface area contributed by atoms with Crippen molar-refractivity contribution in [2.24, 2.45) is 0 Å². The second-order valence-electron chi connectivity index (χ2n) is 5.66. The van der Waals surface area contributed by atoms with E-state index in [-0.39, 0.29) is 5.54 Å². The number of hydrogen-bond acceptors (Lipinski definition) is 3. The summed E-state index contributed by atoms with van der Waals surface area (Å²) >= 11 is 0. The third-order valence-electron chi connectivity index (χ3n) is 4.66. The van der Waals surface area contributed by atoms with Crippen molar-refractivity contribution >= 4 is 0 Å². The van der Waals surface area contributed by atoms with Crippen molar-refractivity contribution in [2.75, 3.05) is 21.3 Å². The zero-order valence-electron chi connectivity index (χ0n) is 13.0. The topological polar surface area (TPSA) is 21.7 Å². The molecule has 0 saturated carbocycles. The van der Waals surface area contributed by atoms with Crippen LogP contribution >= 0.6 is 0 Å². The van der Waals surface area contributed by atoms with E-state index in [1.165, 1.54) is 16.7 Å². The quantitative estimate of drug-likeness (QED) is 0.861. The summed E-state index contributed by atoms with van der Waals surface area (Å²) in [6.07, 6.45) is 0. The SMILES string of the molecule is COc1ccc(C2(C)c3ccccc3CN2C)cc1OC. The molecule has 0 amide bonds. The Morgan fingerprint density at radius 3 is 2.43 bits per heavy atom. The van der Waals surface area contributed by atoms with E-state index in [9.17, 15) is 0 Å². The van der Waals surface area contributed by atoms with Gasteiger partial charge in [-0.2, -0.15) is 0 Å². The minimum atomic E-state index is -0.143. The molecule has 0 spiro atoms. The van der Waals surface area contributed by atoms with Crippen LogP contribution < -0.4 is 9.47 Å². The molecule has 21 heavy (non-hydrogen) atoms. The first-order chi connectivity index (χ1) is 10.1. The number of fused-ring (bicyclic) bond motifs is 1. The van der Waals surface area contributed by atoms with Gasteiger partial charge in [-0.05, 0) is 42.8 Å². The highest BCUT2D eigenvalue weighted by Crippen LogP contribution is 2.44. The second kappa shape index (κ2) is 5.08. The lowest BCUT2D eigenvalue weighted by atomic mass is 9.84. The van der Waals surface area contributed by atoms with Crippen LogP contribution in [0, 0.1) is 0 Å². The monoisotopic (exact) mass is 283 g/mol. The van der Waals surface area contributed by atoms with Crippen LogP contribution in [-0.4, -0.2) is 26.2 Å². The van der Waals surface area contributed by atoms with Gasteiger partial charge in [-0.1, -0.05) is 30.3 Å². The smallest absolute Gasteiger partial charge is 0.161 e. The minimum Gasteiger partial charge on any atom is -0.493 e. The van der Waals surface area contributed by atoms with Gasteiger partial charge in [-0.3, -0.25) is 4.90 Å². The molecule has 0 aliphatic carbocycles. The number of methoxy groups -OCH3 is 2. The van der Waals surface area contributed by atoms with Crippen LogP contribution in [0.25, 0.3) is 0 Å². The van der Waals surface area contributed by atoms with Gasteiger partial charge in [0.05, 0.1) is 19.8 Å². The number of rotatable bonds is 3. The van der Waals surface area contributed by atoms with Crippen LogP contribution in [0.1, 0.15) is 23.6 Å². The van der Waals surface area contributed by atoms with E-state index in [0.717, 1.165) is 18.0 Å². The first-order valence-corrected chi connectivity index (χ1v) is 7.13. The minimum absolute atomic E-state index is 0.143. The van der Waals surface area contributed by atoms with Crippen LogP contribution in [0.4, 0.5) is 0 Å². The van der Waals surface area contributed by atoms with E-state index in [1.54, 1.807) is 14.2 Å². The van der Waals surface area contributed by atoms with E-state index >= 15 is 0 Å². The number of benzene rings is 2. The zero-order valence-corrected chi connectivity index (χ0v) is 13.0.